The number of aryl methyl sites for hydroxylation is 1. The molecule has 0 unspecified atom stereocenters. The minimum atomic E-state index is 0.657. The number of pyridine rings is 1. The van der Waals surface area contributed by atoms with Crippen molar-refractivity contribution in [3.63, 3.8) is 0 Å². The third-order valence-corrected chi connectivity index (χ3v) is 3.08. The average Bonchev–Trinajstić information content (AvgIpc) is 2.84. The normalized spacial score (nSPS) is 11.1. The number of anilines is 1. The molecule has 0 radical (unpaired) electrons. The van der Waals surface area contributed by atoms with Crippen LogP contribution in [-0.4, -0.2) is 48.0 Å². The van der Waals surface area contributed by atoms with Crippen molar-refractivity contribution in [2.45, 2.75) is 12.8 Å². The van der Waals surface area contributed by atoms with Crippen LogP contribution >= 0.6 is 0 Å². The van der Waals surface area contributed by atoms with E-state index >= 15 is 0 Å². The highest BCUT2D eigenvalue weighted by Gasteiger charge is 2.05. The summed E-state index contributed by atoms with van der Waals surface area (Å²) in [6.07, 6.45) is 5.67. The molecule has 20 heavy (non-hydrogen) atoms. The van der Waals surface area contributed by atoms with Crippen LogP contribution in [0, 0.1) is 0 Å². The number of nitrogens with zero attached hydrogens (tertiary/aromatic N) is 3. The number of unbranched alkanes of at least 4 members (excludes halogenated alkanes) is 1. The molecule has 0 saturated carbocycles. The summed E-state index contributed by atoms with van der Waals surface area (Å²) >= 11 is 0. The molecule has 2 aromatic heterocycles. The summed E-state index contributed by atoms with van der Waals surface area (Å²) in [7, 11) is 3.66. The predicted molar refractivity (Wildman–Crippen MR) is 78.9 cm³/mol. The molecule has 6 nitrogen and oxygen atoms in total. The van der Waals surface area contributed by atoms with Gasteiger partial charge in [-0.25, -0.2) is 9.97 Å². The van der Waals surface area contributed by atoms with E-state index in [1.54, 1.807) is 19.6 Å². The lowest BCUT2D eigenvalue weighted by Crippen LogP contribution is -2.07. The molecule has 0 aliphatic heterocycles. The number of aromatic nitrogens is 3. The van der Waals surface area contributed by atoms with E-state index in [0.29, 0.717) is 13.2 Å². The zero-order valence-electron chi connectivity index (χ0n) is 12.1. The van der Waals surface area contributed by atoms with Crippen molar-refractivity contribution in [2.75, 3.05) is 38.8 Å². The van der Waals surface area contributed by atoms with E-state index in [1.165, 1.54) is 0 Å². The molecule has 0 spiro atoms. The Hall–Kier alpha value is -1.66. The maximum absolute atomic E-state index is 5.42. The van der Waals surface area contributed by atoms with E-state index in [4.69, 9.17) is 9.47 Å². The molecule has 0 aromatic carbocycles. The lowest BCUT2D eigenvalue weighted by atomic mass is 10.3. The molecule has 0 atom stereocenters. The first-order valence-corrected chi connectivity index (χ1v) is 6.89. The molecular formula is C14H22N4O2. The summed E-state index contributed by atoms with van der Waals surface area (Å²) in [5.41, 5.74) is 2.01. The SMILES string of the molecule is COCCOCCCCNc1nccc2c1ncn2C. The molecular weight excluding hydrogens is 256 g/mol. The first kappa shape index (κ1) is 14.7. The van der Waals surface area contributed by atoms with Gasteiger partial charge in [0.2, 0.25) is 0 Å². The van der Waals surface area contributed by atoms with Crippen molar-refractivity contribution in [3.05, 3.63) is 18.6 Å². The van der Waals surface area contributed by atoms with Crippen LogP contribution in [0.25, 0.3) is 11.0 Å². The average molecular weight is 278 g/mol. The minimum absolute atomic E-state index is 0.657. The highest BCUT2D eigenvalue weighted by molar-refractivity contribution is 5.85. The van der Waals surface area contributed by atoms with Gasteiger partial charge in [0.05, 0.1) is 25.1 Å². The van der Waals surface area contributed by atoms with Gasteiger partial charge < -0.3 is 19.4 Å². The molecule has 2 rings (SSSR count). The Morgan fingerprint density at radius 3 is 2.95 bits per heavy atom. The van der Waals surface area contributed by atoms with Crippen LogP contribution < -0.4 is 5.32 Å². The summed E-state index contributed by atoms with van der Waals surface area (Å²) in [5, 5.41) is 3.34. The number of hydrogen-bond acceptors (Lipinski definition) is 5. The summed E-state index contributed by atoms with van der Waals surface area (Å²) in [4.78, 5) is 8.71. The maximum Gasteiger partial charge on any atom is 0.154 e. The fourth-order valence-electron chi connectivity index (χ4n) is 1.97. The molecule has 0 fully saturated rings. The monoisotopic (exact) mass is 278 g/mol. The van der Waals surface area contributed by atoms with Crippen molar-refractivity contribution >= 4 is 16.9 Å². The molecule has 0 aliphatic carbocycles. The molecule has 0 aliphatic rings. The molecule has 2 heterocycles. The van der Waals surface area contributed by atoms with E-state index in [0.717, 1.165) is 42.8 Å². The number of imidazole rings is 1. The molecule has 2 aromatic rings. The fraction of sp³-hybridized carbons (Fsp3) is 0.571. The van der Waals surface area contributed by atoms with Crippen molar-refractivity contribution in [1.82, 2.24) is 14.5 Å². The van der Waals surface area contributed by atoms with Gasteiger partial charge in [0.1, 0.15) is 5.52 Å². The molecule has 0 bridgehead atoms. The molecule has 1 N–H and O–H groups in total. The number of fused-ring (bicyclic) bond motifs is 1. The van der Waals surface area contributed by atoms with E-state index in [-0.39, 0.29) is 0 Å². The first-order valence-electron chi connectivity index (χ1n) is 6.89. The Morgan fingerprint density at radius 2 is 2.10 bits per heavy atom. The molecule has 0 saturated heterocycles. The Balaban J connectivity index is 1.71. The lowest BCUT2D eigenvalue weighted by molar-refractivity contribution is 0.0691. The van der Waals surface area contributed by atoms with Gasteiger partial charge in [0.25, 0.3) is 0 Å². The van der Waals surface area contributed by atoms with Gasteiger partial charge in [-0.2, -0.15) is 0 Å². The van der Waals surface area contributed by atoms with Gasteiger partial charge in [-0.05, 0) is 18.9 Å². The maximum atomic E-state index is 5.42. The topological polar surface area (TPSA) is 61.2 Å². The quantitative estimate of drug-likeness (QED) is 0.709. The highest BCUT2D eigenvalue weighted by Crippen LogP contribution is 2.18. The molecule has 0 amide bonds. The second-order valence-corrected chi connectivity index (χ2v) is 4.62. The van der Waals surface area contributed by atoms with Gasteiger partial charge in [0.15, 0.2) is 5.82 Å². The number of rotatable bonds is 9. The number of nitrogens with one attached hydrogen (secondary N) is 1. The highest BCUT2D eigenvalue weighted by atomic mass is 16.5. The van der Waals surface area contributed by atoms with Crippen LogP contribution in [-0.2, 0) is 16.5 Å². The van der Waals surface area contributed by atoms with E-state index in [2.05, 4.69) is 15.3 Å². The van der Waals surface area contributed by atoms with Crippen molar-refractivity contribution in [1.29, 1.82) is 0 Å². The summed E-state index contributed by atoms with van der Waals surface area (Å²) in [5.74, 6) is 0.850. The summed E-state index contributed by atoms with van der Waals surface area (Å²) in [6, 6.07) is 1.97. The Kier molecular flexibility index (Phi) is 5.76. The van der Waals surface area contributed by atoms with Crippen LogP contribution in [0.2, 0.25) is 0 Å². The lowest BCUT2D eigenvalue weighted by Gasteiger charge is -2.07. The van der Waals surface area contributed by atoms with E-state index in [1.807, 2.05) is 17.7 Å². The second-order valence-electron chi connectivity index (χ2n) is 4.62. The second kappa shape index (κ2) is 7.81. The zero-order valence-corrected chi connectivity index (χ0v) is 12.1. The van der Waals surface area contributed by atoms with Crippen molar-refractivity contribution in [2.24, 2.45) is 7.05 Å². The number of hydrogen-bond donors (Lipinski definition) is 1. The fourth-order valence-corrected chi connectivity index (χ4v) is 1.97. The van der Waals surface area contributed by atoms with Crippen molar-refractivity contribution < 1.29 is 9.47 Å². The van der Waals surface area contributed by atoms with Crippen molar-refractivity contribution in [3.8, 4) is 0 Å². The van der Waals surface area contributed by atoms with Gasteiger partial charge in [-0.3, -0.25) is 0 Å². The summed E-state index contributed by atoms with van der Waals surface area (Å²) < 4.78 is 12.3. The molecule has 6 heteroatoms. The van der Waals surface area contributed by atoms with Gasteiger partial charge in [-0.1, -0.05) is 0 Å². The van der Waals surface area contributed by atoms with E-state index in [9.17, 15) is 0 Å². The largest absolute Gasteiger partial charge is 0.382 e. The molecule has 110 valence electrons. The Morgan fingerprint density at radius 1 is 1.20 bits per heavy atom. The van der Waals surface area contributed by atoms with Crippen LogP contribution in [0.3, 0.4) is 0 Å². The standard InChI is InChI=1S/C14H22N4O2/c1-18-11-17-13-12(18)5-7-16-14(13)15-6-3-4-8-20-10-9-19-2/h5,7,11H,3-4,6,8-10H2,1-2H3,(H,15,16). The first-order chi connectivity index (χ1) is 9.83. The van der Waals surface area contributed by atoms with E-state index < -0.39 is 0 Å². The van der Waals surface area contributed by atoms with Gasteiger partial charge in [0, 0.05) is 33.5 Å². The van der Waals surface area contributed by atoms with Crippen LogP contribution in [0.15, 0.2) is 18.6 Å². The van der Waals surface area contributed by atoms with Crippen LogP contribution in [0.4, 0.5) is 5.82 Å². The minimum Gasteiger partial charge on any atom is -0.382 e. The zero-order chi connectivity index (χ0) is 14.2. The van der Waals surface area contributed by atoms with Gasteiger partial charge in [-0.15, -0.1) is 0 Å². The Bertz CT molecular complexity index is 527. The van der Waals surface area contributed by atoms with Crippen LogP contribution in [0.5, 0.6) is 0 Å². The van der Waals surface area contributed by atoms with Gasteiger partial charge >= 0.3 is 0 Å². The van der Waals surface area contributed by atoms with Crippen LogP contribution in [0.1, 0.15) is 12.8 Å². The smallest absolute Gasteiger partial charge is 0.154 e. The Labute approximate surface area is 119 Å². The predicted octanol–water partition coefficient (Wildman–Crippen LogP) is 1.82. The third kappa shape index (κ3) is 3.91. The number of methoxy groups -OCH3 is 1. The summed E-state index contributed by atoms with van der Waals surface area (Å²) in [6.45, 7) is 2.96. The third-order valence-electron chi connectivity index (χ3n) is 3.08. The number of ether oxygens (including phenoxy) is 2.